The first-order valence-corrected chi connectivity index (χ1v) is 6.53. The third kappa shape index (κ3) is 3.42. The lowest BCUT2D eigenvalue weighted by Crippen LogP contribution is -1.99. The molecule has 0 aliphatic carbocycles. The molecule has 0 aliphatic heterocycles. The summed E-state index contributed by atoms with van der Waals surface area (Å²) in [6.07, 6.45) is 4.72. The topological polar surface area (TPSA) is 30.0 Å². The Labute approximate surface area is 95.7 Å². The van der Waals surface area contributed by atoms with Gasteiger partial charge in [-0.25, -0.2) is 4.98 Å². The molecule has 0 N–H and O–H groups in total. The summed E-state index contributed by atoms with van der Waals surface area (Å²) in [4.78, 5) is 15.6. The molecule has 0 atom stereocenters. The first-order valence-electron chi connectivity index (χ1n) is 5.65. The second-order valence-electron chi connectivity index (χ2n) is 3.90. The molecule has 0 fully saturated rings. The van der Waals surface area contributed by atoms with Crippen LogP contribution in [0.3, 0.4) is 0 Å². The van der Waals surface area contributed by atoms with Crippen molar-refractivity contribution >= 4 is 17.1 Å². The molecule has 15 heavy (non-hydrogen) atoms. The van der Waals surface area contributed by atoms with Crippen molar-refractivity contribution in [1.82, 2.24) is 4.98 Å². The molecule has 0 radical (unpaired) electrons. The summed E-state index contributed by atoms with van der Waals surface area (Å²) >= 11 is 1.63. The summed E-state index contributed by atoms with van der Waals surface area (Å²) < 4.78 is 0. The van der Waals surface area contributed by atoms with Crippen molar-refractivity contribution in [1.29, 1.82) is 0 Å². The second kappa shape index (κ2) is 6.01. The van der Waals surface area contributed by atoms with Crippen LogP contribution in [0.1, 0.15) is 67.9 Å². The normalized spacial score (nSPS) is 10.9. The Morgan fingerprint density at radius 1 is 1.40 bits per heavy atom. The van der Waals surface area contributed by atoms with Crippen LogP contribution in [0.2, 0.25) is 0 Å². The fourth-order valence-corrected chi connectivity index (χ4v) is 2.76. The van der Waals surface area contributed by atoms with Gasteiger partial charge >= 0.3 is 0 Å². The van der Waals surface area contributed by atoms with E-state index in [1.54, 1.807) is 18.3 Å². The predicted octanol–water partition coefficient (Wildman–Crippen LogP) is 4.03. The Morgan fingerprint density at radius 3 is 2.40 bits per heavy atom. The lowest BCUT2D eigenvalue weighted by Gasteiger charge is -2.11. The van der Waals surface area contributed by atoms with Gasteiger partial charge in [0.05, 0.1) is 5.01 Å². The van der Waals surface area contributed by atoms with E-state index < -0.39 is 0 Å². The van der Waals surface area contributed by atoms with Gasteiger partial charge in [0.25, 0.3) is 0 Å². The fraction of sp³-hybridized carbons (Fsp3) is 0.667. The molecular weight excluding hydrogens is 206 g/mol. The number of rotatable bonds is 6. The minimum atomic E-state index is 0.0734. The van der Waals surface area contributed by atoms with E-state index in [0.717, 1.165) is 5.01 Å². The van der Waals surface area contributed by atoms with Gasteiger partial charge in [0.15, 0.2) is 5.78 Å². The van der Waals surface area contributed by atoms with E-state index in [0.29, 0.717) is 11.6 Å². The first kappa shape index (κ1) is 12.4. The van der Waals surface area contributed by atoms with Crippen molar-refractivity contribution < 1.29 is 4.79 Å². The van der Waals surface area contributed by atoms with E-state index in [2.05, 4.69) is 18.8 Å². The molecule has 3 heteroatoms. The summed E-state index contributed by atoms with van der Waals surface area (Å²) in [5.74, 6) is 0.627. The lowest BCUT2D eigenvalue weighted by atomic mass is 9.99. The molecule has 0 aliphatic rings. The highest BCUT2D eigenvalue weighted by molar-refractivity contribution is 7.09. The molecule has 0 bridgehead atoms. The van der Waals surface area contributed by atoms with E-state index in [-0.39, 0.29) is 5.78 Å². The number of carbonyl (C=O) groups excluding carboxylic acids is 1. The maximum atomic E-state index is 11.1. The zero-order valence-electron chi connectivity index (χ0n) is 9.75. The summed E-state index contributed by atoms with van der Waals surface area (Å²) in [5, 5.41) is 3.03. The van der Waals surface area contributed by atoms with Crippen LogP contribution >= 0.6 is 11.3 Å². The number of hydrogen-bond donors (Lipinski definition) is 0. The average molecular weight is 225 g/mol. The highest BCUT2D eigenvalue weighted by Crippen LogP contribution is 2.28. The Kier molecular flexibility index (Phi) is 4.95. The van der Waals surface area contributed by atoms with E-state index in [1.807, 2.05) is 5.38 Å². The molecule has 0 aromatic carbocycles. The van der Waals surface area contributed by atoms with Crippen molar-refractivity contribution in [2.75, 3.05) is 0 Å². The monoisotopic (exact) mass is 225 g/mol. The average Bonchev–Trinajstić information content (AvgIpc) is 2.66. The van der Waals surface area contributed by atoms with Gasteiger partial charge < -0.3 is 0 Å². The van der Waals surface area contributed by atoms with Gasteiger partial charge in [-0.1, -0.05) is 26.7 Å². The molecule has 0 amide bonds. The summed E-state index contributed by atoms with van der Waals surface area (Å²) in [6.45, 7) is 5.97. The van der Waals surface area contributed by atoms with Gasteiger partial charge in [0.2, 0.25) is 0 Å². The van der Waals surface area contributed by atoms with Crippen LogP contribution < -0.4 is 0 Å². The van der Waals surface area contributed by atoms with Gasteiger partial charge in [-0.3, -0.25) is 4.79 Å². The van der Waals surface area contributed by atoms with Crippen molar-refractivity contribution in [2.24, 2.45) is 0 Å². The van der Waals surface area contributed by atoms with Crippen molar-refractivity contribution in [3.05, 3.63) is 16.1 Å². The maximum Gasteiger partial charge on any atom is 0.178 e. The quantitative estimate of drug-likeness (QED) is 0.684. The standard InChI is InChI=1S/C12H19NOS/c1-4-6-10(7-5-2)12-13-11(8-15-12)9(3)14/h8,10H,4-7H2,1-3H3. The molecule has 0 saturated carbocycles. The van der Waals surface area contributed by atoms with Crippen LogP contribution in [0.25, 0.3) is 0 Å². The third-order valence-corrected chi connectivity index (χ3v) is 3.51. The molecule has 0 spiro atoms. The van der Waals surface area contributed by atoms with E-state index in [9.17, 15) is 4.79 Å². The van der Waals surface area contributed by atoms with Crippen molar-refractivity contribution in [3.63, 3.8) is 0 Å². The van der Waals surface area contributed by atoms with Crippen molar-refractivity contribution in [2.45, 2.75) is 52.4 Å². The fourth-order valence-electron chi connectivity index (χ4n) is 1.73. The van der Waals surface area contributed by atoms with Crippen molar-refractivity contribution in [3.8, 4) is 0 Å². The number of hydrogen-bond acceptors (Lipinski definition) is 3. The smallest absolute Gasteiger partial charge is 0.178 e. The molecule has 1 rings (SSSR count). The van der Waals surface area contributed by atoms with Crippen LogP contribution in [0.5, 0.6) is 0 Å². The van der Waals surface area contributed by atoms with Crippen LogP contribution in [0.15, 0.2) is 5.38 Å². The summed E-state index contributed by atoms with van der Waals surface area (Å²) in [6, 6.07) is 0. The minimum absolute atomic E-state index is 0.0734. The second-order valence-corrected chi connectivity index (χ2v) is 4.79. The van der Waals surface area contributed by atoms with E-state index in [4.69, 9.17) is 0 Å². The van der Waals surface area contributed by atoms with Gasteiger partial charge in [-0.05, 0) is 12.8 Å². The number of carbonyl (C=O) groups is 1. The Bertz CT molecular complexity index is 313. The number of nitrogens with zero attached hydrogens (tertiary/aromatic N) is 1. The molecule has 1 aromatic heterocycles. The molecule has 84 valence electrons. The minimum Gasteiger partial charge on any atom is -0.293 e. The number of ketones is 1. The zero-order chi connectivity index (χ0) is 11.3. The largest absolute Gasteiger partial charge is 0.293 e. The predicted molar refractivity (Wildman–Crippen MR) is 64.7 cm³/mol. The molecule has 0 unspecified atom stereocenters. The van der Waals surface area contributed by atoms with E-state index in [1.165, 1.54) is 25.7 Å². The molecule has 1 aromatic rings. The third-order valence-electron chi connectivity index (χ3n) is 2.51. The molecule has 1 heterocycles. The molecule has 2 nitrogen and oxygen atoms in total. The Balaban J connectivity index is 2.76. The lowest BCUT2D eigenvalue weighted by molar-refractivity contribution is 0.101. The van der Waals surface area contributed by atoms with Crippen LogP contribution in [-0.2, 0) is 0 Å². The van der Waals surface area contributed by atoms with Gasteiger partial charge in [0, 0.05) is 18.2 Å². The highest BCUT2D eigenvalue weighted by atomic mass is 32.1. The van der Waals surface area contributed by atoms with Gasteiger partial charge in [-0.2, -0.15) is 0 Å². The first-order chi connectivity index (χ1) is 7.19. The van der Waals surface area contributed by atoms with Crippen LogP contribution in [0.4, 0.5) is 0 Å². The van der Waals surface area contributed by atoms with Crippen LogP contribution in [0, 0.1) is 0 Å². The maximum absolute atomic E-state index is 11.1. The number of aromatic nitrogens is 1. The van der Waals surface area contributed by atoms with Gasteiger partial charge in [-0.15, -0.1) is 11.3 Å². The number of thiazole rings is 1. The Morgan fingerprint density at radius 2 is 2.00 bits per heavy atom. The Hall–Kier alpha value is -0.700. The highest BCUT2D eigenvalue weighted by Gasteiger charge is 2.15. The molecular formula is C12H19NOS. The summed E-state index contributed by atoms with van der Waals surface area (Å²) in [5.41, 5.74) is 0.632. The molecule has 0 saturated heterocycles. The number of Topliss-reactive ketones (excluding diaryl/α,β-unsaturated/α-hetero) is 1. The van der Waals surface area contributed by atoms with Gasteiger partial charge in [0.1, 0.15) is 5.69 Å². The van der Waals surface area contributed by atoms with E-state index >= 15 is 0 Å². The summed E-state index contributed by atoms with van der Waals surface area (Å²) in [7, 11) is 0. The SMILES string of the molecule is CCCC(CCC)c1nc(C(C)=O)cs1. The zero-order valence-corrected chi connectivity index (χ0v) is 10.6. The van der Waals surface area contributed by atoms with Crippen LogP contribution in [-0.4, -0.2) is 10.8 Å².